The molecular formula is C20H25F2N3O3. The minimum atomic E-state index is -2.63. The highest BCUT2D eigenvalue weighted by Gasteiger charge is 2.27. The SMILES string of the molecule is COc1ccc(CC2CCN(C(=O)Cn3nc(C(F)F)cc3C)C2)cc1OC. The van der Waals surface area contributed by atoms with Crippen molar-refractivity contribution in [3.63, 3.8) is 0 Å². The summed E-state index contributed by atoms with van der Waals surface area (Å²) in [5, 5.41) is 3.84. The van der Waals surface area contributed by atoms with Gasteiger partial charge < -0.3 is 14.4 Å². The molecule has 1 aromatic heterocycles. The van der Waals surface area contributed by atoms with E-state index in [0.717, 1.165) is 18.4 Å². The van der Waals surface area contributed by atoms with E-state index >= 15 is 0 Å². The van der Waals surface area contributed by atoms with E-state index in [0.29, 0.717) is 36.2 Å². The largest absolute Gasteiger partial charge is 0.493 e. The summed E-state index contributed by atoms with van der Waals surface area (Å²) in [5.74, 6) is 1.63. The van der Waals surface area contributed by atoms with Gasteiger partial charge in [0.25, 0.3) is 6.43 Å². The lowest BCUT2D eigenvalue weighted by Crippen LogP contribution is -2.32. The molecule has 0 aliphatic carbocycles. The molecule has 8 heteroatoms. The van der Waals surface area contributed by atoms with Crippen LogP contribution in [-0.2, 0) is 17.8 Å². The first-order valence-corrected chi connectivity index (χ1v) is 9.22. The molecule has 0 N–H and O–H groups in total. The Morgan fingerprint density at radius 2 is 2.00 bits per heavy atom. The van der Waals surface area contributed by atoms with Crippen molar-refractivity contribution in [3.8, 4) is 11.5 Å². The minimum absolute atomic E-state index is 0.0123. The van der Waals surface area contributed by atoms with Crippen LogP contribution in [0.5, 0.6) is 11.5 Å². The Hall–Kier alpha value is -2.64. The smallest absolute Gasteiger partial charge is 0.282 e. The zero-order chi connectivity index (χ0) is 20.3. The molecule has 1 aliphatic rings. The second-order valence-corrected chi connectivity index (χ2v) is 7.06. The lowest BCUT2D eigenvalue weighted by atomic mass is 9.98. The van der Waals surface area contributed by atoms with Crippen molar-refractivity contribution in [3.05, 3.63) is 41.2 Å². The summed E-state index contributed by atoms with van der Waals surface area (Å²) in [4.78, 5) is 14.4. The van der Waals surface area contributed by atoms with Crippen LogP contribution in [0.25, 0.3) is 0 Å². The maximum Gasteiger partial charge on any atom is 0.282 e. The maximum absolute atomic E-state index is 12.8. The van der Waals surface area contributed by atoms with Crippen molar-refractivity contribution in [1.29, 1.82) is 0 Å². The van der Waals surface area contributed by atoms with Crippen molar-refractivity contribution in [2.45, 2.75) is 32.7 Å². The summed E-state index contributed by atoms with van der Waals surface area (Å²) in [6.07, 6.45) is -0.895. The number of aromatic nitrogens is 2. The number of hydrogen-bond acceptors (Lipinski definition) is 4. The van der Waals surface area contributed by atoms with Crippen LogP contribution in [0.1, 0.15) is 29.8 Å². The molecule has 6 nitrogen and oxygen atoms in total. The molecule has 28 heavy (non-hydrogen) atoms. The number of alkyl halides is 2. The number of rotatable bonds is 7. The zero-order valence-corrected chi connectivity index (χ0v) is 16.3. The Balaban J connectivity index is 1.58. The van der Waals surface area contributed by atoms with Crippen LogP contribution in [0, 0.1) is 12.8 Å². The monoisotopic (exact) mass is 393 g/mol. The Morgan fingerprint density at radius 1 is 1.25 bits per heavy atom. The minimum Gasteiger partial charge on any atom is -0.493 e. The number of carbonyl (C=O) groups is 1. The number of amides is 1. The van der Waals surface area contributed by atoms with Gasteiger partial charge in [0.2, 0.25) is 5.91 Å². The molecule has 1 saturated heterocycles. The number of carbonyl (C=O) groups excluding carboxylic acids is 1. The zero-order valence-electron chi connectivity index (χ0n) is 16.3. The van der Waals surface area contributed by atoms with Gasteiger partial charge in [0.15, 0.2) is 11.5 Å². The average Bonchev–Trinajstić information content (AvgIpc) is 3.29. The number of halogens is 2. The molecule has 1 amide bonds. The van der Waals surface area contributed by atoms with E-state index in [2.05, 4.69) is 5.10 Å². The number of hydrogen-bond donors (Lipinski definition) is 0. The average molecular weight is 393 g/mol. The number of nitrogens with zero attached hydrogens (tertiary/aromatic N) is 3. The maximum atomic E-state index is 12.8. The highest BCUT2D eigenvalue weighted by Crippen LogP contribution is 2.30. The Labute approximate surface area is 163 Å². The van der Waals surface area contributed by atoms with E-state index in [-0.39, 0.29) is 18.1 Å². The first kappa shape index (κ1) is 20.1. The van der Waals surface area contributed by atoms with Gasteiger partial charge in [-0.2, -0.15) is 5.10 Å². The van der Waals surface area contributed by atoms with E-state index in [1.54, 1.807) is 26.0 Å². The third kappa shape index (κ3) is 4.43. The number of aryl methyl sites for hydroxylation is 1. The van der Waals surface area contributed by atoms with Gasteiger partial charge in [-0.25, -0.2) is 8.78 Å². The van der Waals surface area contributed by atoms with Gasteiger partial charge in [0, 0.05) is 18.8 Å². The molecule has 1 unspecified atom stereocenters. The van der Waals surface area contributed by atoms with Crippen LogP contribution < -0.4 is 9.47 Å². The molecule has 0 radical (unpaired) electrons. The molecule has 1 aromatic carbocycles. The first-order chi connectivity index (χ1) is 13.4. The molecule has 0 bridgehead atoms. The summed E-state index contributed by atoms with van der Waals surface area (Å²) in [6.45, 7) is 2.98. The van der Waals surface area contributed by atoms with E-state index in [9.17, 15) is 13.6 Å². The quantitative estimate of drug-likeness (QED) is 0.725. The molecule has 1 aliphatic heterocycles. The summed E-state index contributed by atoms with van der Waals surface area (Å²) in [6, 6.07) is 7.17. The van der Waals surface area contributed by atoms with Crippen LogP contribution >= 0.6 is 0 Å². The summed E-state index contributed by atoms with van der Waals surface area (Å²) in [7, 11) is 3.21. The van der Waals surface area contributed by atoms with Crippen molar-refractivity contribution in [2.75, 3.05) is 27.3 Å². The van der Waals surface area contributed by atoms with Crippen LogP contribution in [-0.4, -0.2) is 47.9 Å². The predicted molar refractivity (Wildman–Crippen MR) is 99.9 cm³/mol. The number of likely N-dealkylation sites (tertiary alicyclic amines) is 1. The summed E-state index contributed by atoms with van der Waals surface area (Å²) in [5.41, 5.74) is 1.39. The van der Waals surface area contributed by atoms with Gasteiger partial charge in [-0.05, 0) is 49.4 Å². The van der Waals surface area contributed by atoms with Crippen LogP contribution in [0.3, 0.4) is 0 Å². The standard InChI is InChI=1S/C20H25F2N3O3/c1-13-8-16(20(21)22)23-25(13)12-19(26)24-7-6-15(11-24)9-14-4-5-17(27-2)18(10-14)28-3/h4-5,8,10,15,20H,6-7,9,11-12H2,1-3H3. The number of methoxy groups -OCH3 is 2. The fraction of sp³-hybridized carbons (Fsp3) is 0.500. The Morgan fingerprint density at radius 3 is 2.64 bits per heavy atom. The van der Waals surface area contributed by atoms with Crippen molar-refractivity contribution >= 4 is 5.91 Å². The van der Waals surface area contributed by atoms with E-state index in [1.165, 1.54) is 10.7 Å². The fourth-order valence-electron chi connectivity index (χ4n) is 3.60. The fourth-order valence-corrected chi connectivity index (χ4v) is 3.60. The topological polar surface area (TPSA) is 56.6 Å². The van der Waals surface area contributed by atoms with Gasteiger partial charge in [-0.15, -0.1) is 0 Å². The summed E-state index contributed by atoms with van der Waals surface area (Å²) < 4.78 is 37.5. The molecule has 1 fully saturated rings. The molecule has 2 heterocycles. The van der Waals surface area contributed by atoms with Gasteiger partial charge in [-0.3, -0.25) is 9.48 Å². The highest BCUT2D eigenvalue weighted by molar-refractivity contribution is 5.76. The van der Waals surface area contributed by atoms with Crippen molar-refractivity contribution < 1.29 is 23.0 Å². The van der Waals surface area contributed by atoms with E-state index in [1.807, 2.05) is 18.2 Å². The van der Waals surface area contributed by atoms with Gasteiger partial charge in [0.05, 0.1) is 14.2 Å². The predicted octanol–water partition coefficient (Wildman–Crippen LogP) is 3.24. The lowest BCUT2D eigenvalue weighted by Gasteiger charge is -2.17. The molecule has 0 spiro atoms. The Bertz CT molecular complexity index is 838. The second kappa shape index (κ2) is 8.58. The third-order valence-electron chi connectivity index (χ3n) is 5.12. The van der Waals surface area contributed by atoms with Crippen LogP contribution in [0.4, 0.5) is 8.78 Å². The first-order valence-electron chi connectivity index (χ1n) is 9.22. The summed E-state index contributed by atoms with van der Waals surface area (Å²) >= 11 is 0. The normalized spacial score (nSPS) is 16.6. The van der Waals surface area contributed by atoms with Gasteiger partial charge in [0.1, 0.15) is 12.2 Å². The highest BCUT2D eigenvalue weighted by atomic mass is 19.3. The molecule has 2 aromatic rings. The molecule has 0 saturated carbocycles. The van der Waals surface area contributed by atoms with E-state index < -0.39 is 6.43 Å². The van der Waals surface area contributed by atoms with Gasteiger partial charge in [-0.1, -0.05) is 6.07 Å². The molecule has 3 rings (SSSR count). The molecule has 152 valence electrons. The lowest BCUT2D eigenvalue weighted by molar-refractivity contribution is -0.131. The van der Waals surface area contributed by atoms with Gasteiger partial charge >= 0.3 is 0 Å². The number of benzene rings is 1. The molecular weight excluding hydrogens is 368 g/mol. The van der Waals surface area contributed by atoms with Crippen molar-refractivity contribution in [2.24, 2.45) is 5.92 Å². The van der Waals surface area contributed by atoms with Crippen LogP contribution in [0.15, 0.2) is 24.3 Å². The van der Waals surface area contributed by atoms with E-state index in [4.69, 9.17) is 9.47 Å². The second-order valence-electron chi connectivity index (χ2n) is 7.06. The van der Waals surface area contributed by atoms with Crippen molar-refractivity contribution in [1.82, 2.24) is 14.7 Å². The molecule has 1 atom stereocenters. The third-order valence-corrected chi connectivity index (χ3v) is 5.12. The number of ether oxygens (including phenoxy) is 2. The van der Waals surface area contributed by atoms with Crippen LogP contribution in [0.2, 0.25) is 0 Å². The Kier molecular flexibility index (Phi) is 6.16.